The second-order valence-corrected chi connectivity index (χ2v) is 9.68. The number of amides is 1. The Morgan fingerprint density at radius 2 is 1.77 bits per heavy atom. The third-order valence-corrected chi connectivity index (χ3v) is 7.29. The summed E-state index contributed by atoms with van der Waals surface area (Å²) in [4.78, 5) is 24.6. The Morgan fingerprint density at radius 1 is 1.13 bits per heavy atom. The van der Waals surface area contributed by atoms with E-state index in [1.54, 1.807) is 6.07 Å². The largest absolute Gasteiger partial charge is 0.486 e. The van der Waals surface area contributed by atoms with E-state index in [2.05, 4.69) is 5.32 Å². The molecule has 2 heterocycles. The number of benzene rings is 1. The molecule has 1 saturated heterocycles. The quantitative estimate of drug-likeness (QED) is 0.661. The van der Waals surface area contributed by atoms with Crippen LogP contribution in [0.4, 0.5) is 0 Å². The Morgan fingerprint density at radius 3 is 2.37 bits per heavy atom. The van der Waals surface area contributed by atoms with Crippen LogP contribution >= 0.6 is 0 Å². The number of rotatable bonds is 6. The highest BCUT2D eigenvalue weighted by molar-refractivity contribution is 7.89. The first-order valence-corrected chi connectivity index (χ1v) is 11.5. The lowest BCUT2D eigenvalue weighted by Gasteiger charge is -2.32. The summed E-state index contributed by atoms with van der Waals surface area (Å²) in [5.74, 6) is -0.271. The van der Waals surface area contributed by atoms with Crippen LogP contribution in [0.5, 0.6) is 11.5 Å². The van der Waals surface area contributed by atoms with Crippen molar-refractivity contribution in [2.75, 3.05) is 33.4 Å². The fourth-order valence-electron chi connectivity index (χ4n) is 3.59. The van der Waals surface area contributed by atoms with E-state index in [1.165, 1.54) is 23.5 Å². The van der Waals surface area contributed by atoms with Crippen molar-refractivity contribution < 1.29 is 32.2 Å². The summed E-state index contributed by atoms with van der Waals surface area (Å²) in [5.41, 5.74) is 0. The molecule has 0 unspecified atom stereocenters. The molecule has 0 radical (unpaired) electrons. The zero-order valence-electron chi connectivity index (χ0n) is 17.4. The molecule has 3 rings (SSSR count). The van der Waals surface area contributed by atoms with E-state index in [4.69, 9.17) is 14.2 Å². The Balaban J connectivity index is 1.63. The minimum atomic E-state index is -3.71. The van der Waals surface area contributed by atoms with Gasteiger partial charge in [0.1, 0.15) is 19.3 Å². The number of hydrogen-bond acceptors (Lipinski definition) is 7. The van der Waals surface area contributed by atoms with Gasteiger partial charge in [-0.25, -0.2) is 13.2 Å². The molecule has 9 nitrogen and oxygen atoms in total. The molecule has 0 aliphatic carbocycles. The van der Waals surface area contributed by atoms with Gasteiger partial charge in [0.05, 0.1) is 12.0 Å². The van der Waals surface area contributed by atoms with Gasteiger partial charge in [-0.3, -0.25) is 4.79 Å². The molecule has 1 N–H and O–H groups in total. The molecule has 0 bridgehead atoms. The average molecular weight is 441 g/mol. The molecule has 0 aromatic heterocycles. The summed E-state index contributed by atoms with van der Waals surface area (Å²) in [7, 11) is -2.42. The maximum Gasteiger partial charge on any atom is 0.328 e. The van der Waals surface area contributed by atoms with E-state index in [0.717, 1.165) is 0 Å². The standard InChI is InChI=1S/C20H28N2O7S/c1-13(2)18(20(24)27-3)21-19(23)14-6-8-22(9-7-14)30(25,26)15-4-5-16-17(12-15)29-11-10-28-16/h4-5,12-14,18H,6-11H2,1-3H3,(H,21,23)/t18-/m0/s1. The summed E-state index contributed by atoms with van der Waals surface area (Å²) < 4.78 is 43.1. The number of nitrogens with one attached hydrogen (secondary N) is 1. The van der Waals surface area contributed by atoms with Crippen molar-refractivity contribution in [2.24, 2.45) is 11.8 Å². The van der Waals surface area contributed by atoms with Crippen LogP contribution in [-0.2, 0) is 24.3 Å². The van der Waals surface area contributed by atoms with Gasteiger partial charge < -0.3 is 19.5 Å². The maximum absolute atomic E-state index is 13.0. The zero-order chi connectivity index (χ0) is 21.9. The Kier molecular flexibility index (Phi) is 6.87. The van der Waals surface area contributed by atoms with Crippen LogP contribution in [0.15, 0.2) is 23.1 Å². The van der Waals surface area contributed by atoms with E-state index < -0.39 is 22.0 Å². The first kappa shape index (κ1) is 22.4. The predicted octanol–water partition coefficient (Wildman–Crippen LogP) is 1.17. The smallest absolute Gasteiger partial charge is 0.328 e. The Hall–Kier alpha value is -2.33. The minimum Gasteiger partial charge on any atom is -0.486 e. The lowest BCUT2D eigenvalue weighted by Crippen LogP contribution is -2.49. The Labute approximate surface area is 176 Å². The molecule has 1 aromatic carbocycles. The lowest BCUT2D eigenvalue weighted by atomic mass is 9.95. The van der Waals surface area contributed by atoms with Crippen LogP contribution in [0, 0.1) is 11.8 Å². The summed E-state index contributed by atoms with van der Waals surface area (Å²) in [6.45, 7) is 4.90. The highest BCUT2D eigenvalue weighted by Crippen LogP contribution is 2.34. The molecule has 1 amide bonds. The molecule has 10 heteroatoms. The molecule has 0 saturated carbocycles. The van der Waals surface area contributed by atoms with Crippen molar-refractivity contribution in [2.45, 2.75) is 37.6 Å². The van der Waals surface area contributed by atoms with E-state index in [0.29, 0.717) is 37.6 Å². The van der Waals surface area contributed by atoms with Gasteiger partial charge in [-0.15, -0.1) is 0 Å². The number of sulfonamides is 1. The number of piperidine rings is 1. The summed E-state index contributed by atoms with van der Waals surface area (Å²) >= 11 is 0. The molecule has 30 heavy (non-hydrogen) atoms. The van der Waals surface area contributed by atoms with Crippen molar-refractivity contribution in [1.29, 1.82) is 0 Å². The van der Waals surface area contributed by atoms with Crippen molar-refractivity contribution in [3.8, 4) is 11.5 Å². The van der Waals surface area contributed by atoms with Gasteiger partial charge in [0.15, 0.2) is 11.5 Å². The van der Waals surface area contributed by atoms with E-state index in [-0.39, 0.29) is 35.7 Å². The molecule has 1 atom stereocenters. The Bertz CT molecular complexity index is 892. The number of carbonyl (C=O) groups is 2. The van der Waals surface area contributed by atoms with E-state index in [9.17, 15) is 18.0 Å². The molecule has 2 aliphatic rings. The van der Waals surface area contributed by atoms with Crippen molar-refractivity contribution >= 4 is 21.9 Å². The van der Waals surface area contributed by atoms with Crippen molar-refractivity contribution in [3.63, 3.8) is 0 Å². The normalized spacial score (nSPS) is 18.7. The zero-order valence-corrected chi connectivity index (χ0v) is 18.2. The number of methoxy groups -OCH3 is 1. The van der Waals surface area contributed by atoms with Crippen molar-refractivity contribution in [3.05, 3.63) is 18.2 Å². The third-order valence-electron chi connectivity index (χ3n) is 5.40. The topological polar surface area (TPSA) is 111 Å². The van der Waals surface area contributed by atoms with Crippen LogP contribution in [0.25, 0.3) is 0 Å². The van der Waals surface area contributed by atoms with Crippen LogP contribution in [0.1, 0.15) is 26.7 Å². The average Bonchev–Trinajstić information content (AvgIpc) is 2.76. The van der Waals surface area contributed by atoms with Crippen LogP contribution in [-0.4, -0.2) is 64.1 Å². The first-order chi connectivity index (χ1) is 14.2. The number of ether oxygens (including phenoxy) is 3. The SMILES string of the molecule is COC(=O)[C@@H](NC(=O)C1CCN(S(=O)(=O)c2ccc3c(c2)OCCO3)CC1)C(C)C. The molecule has 1 aromatic rings. The van der Waals surface area contributed by atoms with Crippen molar-refractivity contribution in [1.82, 2.24) is 9.62 Å². The van der Waals surface area contributed by atoms with Gasteiger partial charge in [0.25, 0.3) is 0 Å². The number of fused-ring (bicyclic) bond motifs is 1. The number of nitrogens with zero attached hydrogens (tertiary/aromatic N) is 1. The molecule has 1 fully saturated rings. The van der Waals surface area contributed by atoms with Crippen LogP contribution < -0.4 is 14.8 Å². The highest BCUT2D eigenvalue weighted by Gasteiger charge is 2.34. The minimum absolute atomic E-state index is 0.114. The van der Waals surface area contributed by atoms with Gasteiger partial charge in [-0.1, -0.05) is 13.8 Å². The molecule has 2 aliphatic heterocycles. The lowest BCUT2D eigenvalue weighted by molar-refractivity contribution is -0.147. The van der Waals surface area contributed by atoms with Gasteiger partial charge in [0, 0.05) is 25.1 Å². The number of esters is 1. The summed E-state index contributed by atoms with van der Waals surface area (Å²) in [6, 6.07) is 3.86. The van der Waals surface area contributed by atoms with Gasteiger partial charge >= 0.3 is 5.97 Å². The molecular formula is C20H28N2O7S. The van der Waals surface area contributed by atoms with Gasteiger partial charge in [0.2, 0.25) is 15.9 Å². The number of carbonyl (C=O) groups excluding carboxylic acids is 2. The van der Waals surface area contributed by atoms with Crippen LogP contribution in [0.3, 0.4) is 0 Å². The molecule has 166 valence electrons. The van der Waals surface area contributed by atoms with Crippen LogP contribution in [0.2, 0.25) is 0 Å². The fraction of sp³-hybridized carbons (Fsp3) is 0.600. The second kappa shape index (κ2) is 9.22. The predicted molar refractivity (Wildman–Crippen MR) is 108 cm³/mol. The van der Waals surface area contributed by atoms with Gasteiger partial charge in [-0.05, 0) is 30.9 Å². The van der Waals surface area contributed by atoms with E-state index in [1.807, 2.05) is 13.8 Å². The molecule has 0 spiro atoms. The maximum atomic E-state index is 13.0. The monoisotopic (exact) mass is 440 g/mol. The highest BCUT2D eigenvalue weighted by atomic mass is 32.2. The fourth-order valence-corrected chi connectivity index (χ4v) is 5.07. The number of hydrogen-bond donors (Lipinski definition) is 1. The third kappa shape index (κ3) is 4.70. The van der Waals surface area contributed by atoms with Gasteiger partial charge in [-0.2, -0.15) is 4.31 Å². The molecular weight excluding hydrogens is 412 g/mol. The summed E-state index contributed by atoms with van der Waals surface area (Å²) in [6.07, 6.45) is 0.753. The first-order valence-electron chi connectivity index (χ1n) is 10.0. The second-order valence-electron chi connectivity index (χ2n) is 7.74. The summed E-state index contributed by atoms with van der Waals surface area (Å²) in [5, 5.41) is 2.74. The van der Waals surface area contributed by atoms with E-state index >= 15 is 0 Å².